The molecule has 0 bridgehead atoms. The molecule has 1 heterocycles. The van der Waals surface area contributed by atoms with Gasteiger partial charge in [-0.2, -0.15) is 0 Å². The summed E-state index contributed by atoms with van der Waals surface area (Å²) in [5.74, 6) is 0.710. The first-order valence-electron chi connectivity index (χ1n) is 8.51. The number of amides is 1. The molecular formula is C21H22N4O. The van der Waals surface area contributed by atoms with E-state index in [4.69, 9.17) is 0 Å². The van der Waals surface area contributed by atoms with Gasteiger partial charge < -0.3 is 4.90 Å². The van der Waals surface area contributed by atoms with Gasteiger partial charge in [-0.25, -0.2) is 9.67 Å². The van der Waals surface area contributed by atoms with Gasteiger partial charge in [-0.3, -0.25) is 4.79 Å². The van der Waals surface area contributed by atoms with Gasteiger partial charge >= 0.3 is 0 Å². The minimum absolute atomic E-state index is 0.195. The molecule has 0 fully saturated rings. The molecule has 0 N–H and O–H groups in total. The number of hydrogen-bond donors (Lipinski definition) is 0. The second kappa shape index (κ2) is 7.78. The Kier molecular flexibility index (Phi) is 5.27. The maximum atomic E-state index is 12.6. The Morgan fingerprint density at radius 1 is 1.15 bits per heavy atom. The van der Waals surface area contributed by atoms with Gasteiger partial charge in [0.15, 0.2) is 0 Å². The van der Waals surface area contributed by atoms with Crippen LogP contribution >= 0.6 is 0 Å². The largest absolute Gasteiger partial charge is 0.335 e. The number of benzene rings is 2. The minimum atomic E-state index is -0.218. The molecule has 5 heteroatoms. The molecule has 1 aromatic heterocycles. The van der Waals surface area contributed by atoms with Gasteiger partial charge in [-0.05, 0) is 24.6 Å². The highest BCUT2D eigenvalue weighted by Crippen LogP contribution is 2.15. The molecule has 0 aliphatic heterocycles. The summed E-state index contributed by atoms with van der Waals surface area (Å²) >= 11 is 0. The molecule has 2 aromatic carbocycles. The zero-order valence-corrected chi connectivity index (χ0v) is 15.1. The summed E-state index contributed by atoms with van der Waals surface area (Å²) in [6, 6.07) is 18.1. The minimum Gasteiger partial charge on any atom is -0.335 e. The smallest absolute Gasteiger partial charge is 0.293 e. The standard InChI is InChI=1S/C21H22N4O/c1-4-14-24(3)21(26)20-22-19(15-17-8-6-5-7-9-17)25(23-20)18-12-10-16(2)11-13-18/h4-13H,1,14-15H2,2-3H3. The first-order valence-corrected chi connectivity index (χ1v) is 8.51. The summed E-state index contributed by atoms with van der Waals surface area (Å²) in [5, 5.41) is 4.49. The van der Waals surface area contributed by atoms with Crippen molar-refractivity contribution in [3.8, 4) is 5.69 Å². The molecule has 0 radical (unpaired) electrons. The summed E-state index contributed by atoms with van der Waals surface area (Å²) in [4.78, 5) is 18.7. The number of aryl methyl sites for hydroxylation is 1. The van der Waals surface area contributed by atoms with Crippen LogP contribution < -0.4 is 0 Å². The summed E-state index contributed by atoms with van der Waals surface area (Å²) in [7, 11) is 1.72. The molecule has 0 aliphatic carbocycles. The molecule has 132 valence electrons. The molecule has 0 aliphatic rings. The van der Waals surface area contributed by atoms with Crippen molar-refractivity contribution in [3.63, 3.8) is 0 Å². The van der Waals surface area contributed by atoms with Crippen molar-refractivity contribution >= 4 is 5.91 Å². The lowest BCUT2D eigenvalue weighted by Gasteiger charge is -2.11. The van der Waals surface area contributed by atoms with Crippen LogP contribution in [0.15, 0.2) is 67.3 Å². The summed E-state index contributed by atoms with van der Waals surface area (Å²) in [6.07, 6.45) is 2.28. The van der Waals surface area contributed by atoms with E-state index in [-0.39, 0.29) is 11.7 Å². The number of carbonyl (C=O) groups is 1. The highest BCUT2D eigenvalue weighted by molar-refractivity contribution is 5.90. The second-order valence-corrected chi connectivity index (χ2v) is 6.24. The van der Waals surface area contributed by atoms with Gasteiger partial charge in [0.05, 0.1) is 5.69 Å². The third-order valence-electron chi connectivity index (χ3n) is 4.10. The van der Waals surface area contributed by atoms with Crippen LogP contribution in [-0.4, -0.2) is 39.2 Å². The molecule has 0 saturated heterocycles. The molecule has 3 aromatic rings. The van der Waals surface area contributed by atoms with Crippen LogP contribution in [0.5, 0.6) is 0 Å². The molecule has 0 saturated carbocycles. The van der Waals surface area contributed by atoms with E-state index in [0.717, 1.165) is 17.1 Å². The van der Waals surface area contributed by atoms with Crippen LogP contribution in [0.4, 0.5) is 0 Å². The Bertz CT molecular complexity index is 898. The monoisotopic (exact) mass is 346 g/mol. The molecule has 26 heavy (non-hydrogen) atoms. The molecule has 1 amide bonds. The SMILES string of the molecule is C=CCN(C)C(=O)c1nc(Cc2ccccc2)n(-c2ccc(C)cc2)n1. The van der Waals surface area contributed by atoms with E-state index in [2.05, 4.69) is 16.7 Å². The van der Waals surface area contributed by atoms with E-state index in [1.54, 1.807) is 22.7 Å². The highest BCUT2D eigenvalue weighted by atomic mass is 16.2. The number of aromatic nitrogens is 3. The molecule has 5 nitrogen and oxygen atoms in total. The van der Waals surface area contributed by atoms with Crippen LogP contribution in [0.25, 0.3) is 5.69 Å². The predicted octanol–water partition coefficient (Wildman–Crippen LogP) is 3.42. The van der Waals surface area contributed by atoms with Gasteiger partial charge in [-0.15, -0.1) is 11.7 Å². The Labute approximate surface area is 153 Å². The Balaban J connectivity index is 2.01. The fourth-order valence-electron chi connectivity index (χ4n) is 2.67. The third kappa shape index (κ3) is 3.88. The van der Waals surface area contributed by atoms with Gasteiger partial charge in [0, 0.05) is 20.0 Å². The van der Waals surface area contributed by atoms with Gasteiger partial charge in [0.1, 0.15) is 5.82 Å². The molecule has 3 rings (SSSR count). The average Bonchev–Trinajstić information content (AvgIpc) is 3.06. The van der Waals surface area contributed by atoms with Gasteiger partial charge in [0.2, 0.25) is 5.82 Å². The first-order chi connectivity index (χ1) is 12.6. The van der Waals surface area contributed by atoms with Gasteiger partial charge in [0.25, 0.3) is 5.91 Å². The van der Waals surface area contributed by atoms with Crippen molar-refractivity contribution in [2.45, 2.75) is 13.3 Å². The third-order valence-corrected chi connectivity index (χ3v) is 4.10. The van der Waals surface area contributed by atoms with E-state index in [1.807, 2.05) is 61.5 Å². The molecule has 0 spiro atoms. The fourth-order valence-corrected chi connectivity index (χ4v) is 2.67. The summed E-state index contributed by atoms with van der Waals surface area (Å²) in [6.45, 7) is 6.16. The van der Waals surface area contributed by atoms with E-state index >= 15 is 0 Å². The lowest BCUT2D eigenvalue weighted by Crippen LogP contribution is -2.27. The lowest BCUT2D eigenvalue weighted by molar-refractivity contribution is 0.0798. The van der Waals surface area contributed by atoms with Crippen LogP contribution in [0, 0.1) is 6.92 Å². The Hall–Kier alpha value is -3.21. The van der Waals surface area contributed by atoms with Crippen LogP contribution in [0.2, 0.25) is 0 Å². The number of nitrogens with zero attached hydrogens (tertiary/aromatic N) is 4. The topological polar surface area (TPSA) is 51.0 Å². The zero-order chi connectivity index (χ0) is 18.5. The summed E-state index contributed by atoms with van der Waals surface area (Å²) < 4.78 is 1.75. The second-order valence-electron chi connectivity index (χ2n) is 6.24. The van der Waals surface area contributed by atoms with E-state index in [9.17, 15) is 4.79 Å². The molecule has 0 atom stereocenters. The van der Waals surface area contributed by atoms with Crippen LogP contribution in [0.1, 0.15) is 27.6 Å². The maximum absolute atomic E-state index is 12.6. The first kappa shape index (κ1) is 17.6. The van der Waals surface area contributed by atoms with Crippen molar-refractivity contribution < 1.29 is 4.79 Å². The van der Waals surface area contributed by atoms with E-state index in [1.165, 1.54) is 5.56 Å². The Morgan fingerprint density at radius 3 is 2.50 bits per heavy atom. The number of likely N-dealkylation sites (N-methyl/N-ethyl adjacent to an activating group) is 1. The maximum Gasteiger partial charge on any atom is 0.293 e. The molecular weight excluding hydrogens is 324 g/mol. The fraction of sp³-hybridized carbons (Fsp3) is 0.190. The lowest BCUT2D eigenvalue weighted by atomic mass is 10.1. The van der Waals surface area contributed by atoms with Gasteiger partial charge in [-0.1, -0.05) is 54.1 Å². The number of carbonyl (C=O) groups excluding carboxylic acids is 1. The van der Waals surface area contributed by atoms with Crippen molar-refractivity contribution in [2.24, 2.45) is 0 Å². The Morgan fingerprint density at radius 2 is 1.85 bits per heavy atom. The van der Waals surface area contributed by atoms with Crippen molar-refractivity contribution in [2.75, 3.05) is 13.6 Å². The van der Waals surface area contributed by atoms with Crippen LogP contribution in [0.3, 0.4) is 0 Å². The normalized spacial score (nSPS) is 10.5. The highest BCUT2D eigenvalue weighted by Gasteiger charge is 2.20. The quantitative estimate of drug-likeness (QED) is 0.643. The zero-order valence-electron chi connectivity index (χ0n) is 15.1. The van der Waals surface area contributed by atoms with Crippen LogP contribution in [-0.2, 0) is 6.42 Å². The predicted molar refractivity (Wildman–Crippen MR) is 103 cm³/mol. The van der Waals surface area contributed by atoms with Crippen molar-refractivity contribution in [1.82, 2.24) is 19.7 Å². The number of hydrogen-bond acceptors (Lipinski definition) is 3. The number of rotatable bonds is 6. The van der Waals surface area contributed by atoms with E-state index < -0.39 is 0 Å². The summed E-state index contributed by atoms with van der Waals surface area (Å²) in [5.41, 5.74) is 3.17. The molecule has 0 unspecified atom stereocenters. The average molecular weight is 346 g/mol. The van der Waals surface area contributed by atoms with E-state index in [0.29, 0.717) is 13.0 Å². The van der Waals surface area contributed by atoms with Crippen molar-refractivity contribution in [1.29, 1.82) is 0 Å². The van der Waals surface area contributed by atoms with Crippen molar-refractivity contribution in [3.05, 3.63) is 90.0 Å².